The molecule has 1 aromatic rings. The number of urea groups is 1. The molecule has 0 spiro atoms. The summed E-state index contributed by atoms with van der Waals surface area (Å²) in [6.45, 7) is 7.72. The number of hydrogen-bond donors (Lipinski definition) is 1. The maximum absolute atomic E-state index is 12.2. The van der Waals surface area contributed by atoms with Crippen LogP contribution in [0.1, 0.15) is 29.2 Å². The highest BCUT2D eigenvalue weighted by Crippen LogP contribution is 2.28. The van der Waals surface area contributed by atoms with Gasteiger partial charge in [-0.05, 0) is 12.8 Å². The highest BCUT2D eigenvalue weighted by atomic mass is 32.1. The topological polar surface area (TPSA) is 73.7 Å². The van der Waals surface area contributed by atoms with Gasteiger partial charge in [0, 0.05) is 19.6 Å². The number of anilines is 1. The third kappa shape index (κ3) is 2.70. The first-order chi connectivity index (χ1) is 8.90. The largest absolute Gasteiger partial charge is 0.477 e. The standard InChI is InChI=1S/C12H17N3O3S/c1-7(2)6-14-4-5-15(12(14)18)11-13-8(3)9(19-11)10(16)17/h7H,4-6H2,1-3H3,(H,16,17). The van der Waals surface area contributed by atoms with Gasteiger partial charge in [-0.15, -0.1) is 0 Å². The fourth-order valence-electron chi connectivity index (χ4n) is 2.07. The Hall–Kier alpha value is -1.63. The van der Waals surface area contributed by atoms with Gasteiger partial charge < -0.3 is 10.0 Å². The molecule has 0 bridgehead atoms. The molecule has 0 saturated carbocycles. The van der Waals surface area contributed by atoms with Crippen LogP contribution in [0.25, 0.3) is 0 Å². The second-order valence-corrected chi connectivity index (χ2v) is 5.97. The minimum Gasteiger partial charge on any atom is -0.477 e. The summed E-state index contributed by atoms with van der Waals surface area (Å²) < 4.78 is 0. The molecule has 1 fully saturated rings. The molecule has 1 aliphatic heterocycles. The Morgan fingerprint density at radius 3 is 2.68 bits per heavy atom. The Morgan fingerprint density at radius 2 is 2.16 bits per heavy atom. The summed E-state index contributed by atoms with van der Waals surface area (Å²) in [5.41, 5.74) is 0.461. The molecule has 0 aromatic carbocycles. The summed E-state index contributed by atoms with van der Waals surface area (Å²) >= 11 is 1.06. The maximum atomic E-state index is 12.2. The molecule has 104 valence electrons. The van der Waals surface area contributed by atoms with Crippen LogP contribution in [0, 0.1) is 12.8 Å². The number of carbonyl (C=O) groups excluding carboxylic acids is 1. The zero-order valence-electron chi connectivity index (χ0n) is 11.2. The number of aromatic nitrogens is 1. The van der Waals surface area contributed by atoms with Crippen molar-refractivity contribution >= 4 is 28.5 Å². The van der Waals surface area contributed by atoms with Gasteiger partial charge in [0.1, 0.15) is 4.88 Å². The van der Waals surface area contributed by atoms with Crippen molar-refractivity contribution in [2.75, 3.05) is 24.5 Å². The summed E-state index contributed by atoms with van der Waals surface area (Å²) in [4.78, 5) is 30.9. The van der Waals surface area contributed by atoms with Crippen LogP contribution in [0.3, 0.4) is 0 Å². The number of rotatable bonds is 4. The minimum absolute atomic E-state index is 0.0839. The third-order valence-electron chi connectivity index (χ3n) is 2.89. The lowest BCUT2D eigenvalue weighted by Crippen LogP contribution is -2.34. The fourth-order valence-corrected chi connectivity index (χ4v) is 2.99. The predicted octanol–water partition coefficient (Wildman–Crippen LogP) is 2.05. The van der Waals surface area contributed by atoms with Crippen LogP contribution in [0.2, 0.25) is 0 Å². The van der Waals surface area contributed by atoms with E-state index in [1.807, 2.05) is 0 Å². The molecule has 19 heavy (non-hydrogen) atoms. The van der Waals surface area contributed by atoms with Crippen molar-refractivity contribution in [1.29, 1.82) is 0 Å². The van der Waals surface area contributed by atoms with Crippen molar-refractivity contribution in [2.24, 2.45) is 5.92 Å². The zero-order chi connectivity index (χ0) is 14.2. The van der Waals surface area contributed by atoms with E-state index < -0.39 is 5.97 Å². The molecule has 1 saturated heterocycles. The van der Waals surface area contributed by atoms with Gasteiger partial charge in [0.25, 0.3) is 0 Å². The number of carboxylic acids is 1. The van der Waals surface area contributed by atoms with E-state index in [1.165, 1.54) is 0 Å². The van der Waals surface area contributed by atoms with Crippen molar-refractivity contribution in [3.05, 3.63) is 10.6 Å². The number of thiazole rings is 1. The van der Waals surface area contributed by atoms with Crippen LogP contribution in [-0.4, -0.2) is 46.6 Å². The Bertz CT molecular complexity index is 512. The zero-order valence-corrected chi connectivity index (χ0v) is 12.0. The van der Waals surface area contributed by atoms with Gasteiger partial charge in [0.15, 0.2) is 5.13 Å². The predicted molar refractivity (Wildman–Crippen MR) is 73.0 cm³/mol. The van der Waals surface area contributed by atoms with Gasteiger partial charge in [-0.25, -0.2) is 14.6 Å². The molecule has 1 N–H and O–H groups in total. The lowest BCUT2D eigenvalue weighted by molar-refractivity contribution is 0.0701. The van der Waals surface area contributed by atoms with E-state index in [2.05, 4.69) is 18.8 Å². The van der Waals surface area contributed by atoms with Gasteiger partial charge >= 0.3 is 12.0 Å². The smallest absolute Gasteiger partial charge is 0.347 e. The van der Waals surface area contributed by atoms with E-state index in [0.29, 0.717) is 36.4 Å². The van der Waals surface area contributed by atoms with Crippen LogP contribution in [0.5, 0.6) is 0 Å². The van der Waals surface area contributed by atoms with E-state index in [0.717, 1.165) is 11.3 Å². The summed E-state index contributed by atoms with van der Waals surface area (Å²) in [5, 5.41) is 9.49. The highest BCUT2D eigenvalue weighted by molar-refractivity contribution is 7.17. The molecular weight excluding hydrogens is 266 g/mol. The van der Waals surface area contributed by atoms with Crippen LogP contribution >= 0.6 is 11.3 Å². The average molecular weight is 283 g/mol. The van der Waals surface area contributed by atoms with Crippen LogP contribution in [-0.2, 0) is 0 Å². The van der Waals surface area contributed by atoms with Crippen molar-refractivity contribution in [1.82, 2.24) is 9.88 Å². The maximum Gasteiger partial charge on any atom is 0.347 e. The quantitative estimate of drug-likeness (QED) is 0.917. The third-order valence-corrected chi connectivity index (χ3v) is 4.06. The SMILES string of the molecule is Cc1nc(N2CCN(CC(C)C)C2=O)sc1C(=O)O. The first-order valence-corrected chi connectivity index (χ1v) is 6.99. The molecule has 2 heterocycles. The number of nitrogens with zero attached hydrogens (tertiary/aromatic N) is 3. The van der Waals surface area contributed by atoms with E-state index in [1.54, 1.807) is 16.7 Å². The summed E-state index contributed by atoms with van der Waals surface area (Å²) in [6, 6.07) is -0.0839. The van der Waals surface area contributed by atoms with Gasteiger partial charge in [-0.1, -0.05) is 25.2 Å². The van der Waals surface area contributed by atoms with E-state index in [9.17, 15) is 9.59 Å². The van der Waals surface area contributed by atoms with Crippen molar-refractivity contribution in [3.63, 3.8) is 0 Å². The van der Waals surface area contributed by atoms with E-state index >= 15 is 0 Å². The monoisotopic (exact) mass is 283 g/mol. The number of aryl methyl sites for hydroxylation is 1. The lowest BCUT2D eigenvalue weighted by Gasteiger charge is -2.18. The number of aromatic carboxylic acids is 1. The van der Waals surface area contributed by atoms with Crippen molar-refractivity contribution in [2.45, 2.75) is 20.8 Å². The van der Waals surface area contributed by atoms with Gasteiger partial charge in [0.05, 0.1) is 5.69 Å². The van der Waals surface area contributed by atoms with Crippen molar-refractivity contribution < 1.29 is 14.7 Å². The second-order valence-electron chi connectivity index (χ2n) is 4.99. The molecule has 6 nitrogen and oxygen atoms in total. The molecule has 1 aromatic heterocycles. The Labute approximate surface area is 115 Å². The Balaban J connectivity index is 2.18. The fraction of sp³-hybridized carbons (Fsp3) is 0.583. The lowest BCUT2D eigenvalue weighted by atomic mass is 10.2. The molecule has 1 aliphatic rings. The molecule has 7 heteroatoms. The number of carboxylic acid groups (broad SMARTS) is 1. The van der Waals surface area contributed by atoms with Crippen LogP contribution in [0.4, 0.5) is 9.93 Å². The van der Waals surface area contributed by atoms with Gasteiger partial charge in [-0.3, -0.25) is 4.90 Å². The van der Waals surface area contributed by atoms with Crippen LogP contribution in [0.15, 0.2) is 0 Å². The Kier molecular flexibility index (Phi) is 3.75. The van der Waals surface area contributed by atoms with Gasteiger partial charge in [0.2, 0.25) is 0 Å². The molecule has 0 unspecified atom stereocenters. The van der Waals surface area contributed by atoms with Gasteiger partial charge in [-0.2, -0.15) is 0 Å². The van der Waals surface area contributed by atoms with Crippen molar-refractivity contribution in [3.8, 4) is 0 Å². The molecule has 0 atom stereocenters. The van der Waals surface area contributed by atoms with E-state index in [4.69, 9.17) is 5.11 Å². The number of amides is 2. The number of hydrogen-bond acceptors (Lipinski definition) is 4. The average Bonchev–Trinajstić information content (AvgIpc) is 2.83. The first kappa shape index (κ1) is 13.8. The summed E-state index contributed by atoms with van der Waals surface area (Å²) in [6.07, 6.45) is 0. The molecular formula is C12H17N3O3S. The Morgan fingerprint density at radius 1 is 1.47 bits per heavy atom. The molecule has 2 amide bonds. The summed E-state index contributed by atoms with van der Waals surface area (Å²) in [7, 11) is 0. The molecule has 2 rings (SSSR count). The summed E-state index contributed by atoms with van der Waals surface area (Å²) in [5.74, 6) is -0.580. The normalized spacial score (nSPS) is 15.7. The number of carbonyl (C=O) groups is 2. The minimum atomic E-state index is -0.994. The second kappa shape index (κ2) is 5.16. The highest BCUT2D eigenvalue weighted by Gasteiger charge is 2.32. The first-order valence-electron chi connectivity index (χ1n) is 6.17. The van der Waals surface area contributed by atoms with Crippen LogP contribution < -0.4 is 4.90 Å². The van der Waals surface area contributed by atoms with E-state index in [-0.39, 0.29) is 10.9 Å². The molecule has 0 aliphatic carbocycles. The molecule has 0 radical (unpaired) electrons.